The molecule has 0 radical (unpaired) electrons. The number of carboxylic acid groups (broad SMARTS) is 2. The van der Waals surface area contributed by atoms with Crippen LogP contribution in [-0.2, 0) is 0 Å². The van der Waals surface area contributed by atoms with Crippen molar-refractivity contribution in [2.45, 2.75) is 9.79 Å². The molecule has 0 spiro atoms. The Morgan fingerprint density at radius 1 is 0.500 bits per heavy atom. The van der Waals surface area contributed by atoms with E-state index in [0.29, 0.717) is 0 Å². The van der Waals surface area contributed by atoms with Crippen molar-refractivity contribution in [3.05, 3.63) is 57.7 Å². The van der Waals surface area contributed by atoms with Crippen molar-refractivity contribution in [3.8, 4) is 0 Å². The van der Waals surface area contributed by atoms with Gasteiger partial charge in [-0.15, -0.1) is 25.3 Å². The maximum Gasteiger partial charge on any atom is 0.341 e. The van der Waals surface area contributed by atoms with E-state index in [1.807, 2.05) is 0 Å². The smallest absolute Gasteiger partial charge is 0.341 e. The molecular weight excluding hydrogens is 448 g/mol. The maximum absolute atomic E-state index is 12.7. The molecule has 0 unspecified atom stereocenters. The van der Waals surface area contributed by atoms with Gasteiger partial charge in [-0.3, -0.25) is 0 Å². The fourth-order valence-corrected chi connectivity index (χ4v) is 2.01. The van der Waals surface area contributed by atoms with E-state index in [-0.39, 0.29) is 0 Å². The zero-order valence-electron chi connectivity index (χ0n) is 12.6. The Morgan fingerprint density at radius 3 is 0.821 bits per heavy atom. The number of halogens is 8. The minimum Gasteiger partial charge on any atom is -0.477 e. The number of benzene rings is 2. The first-order valence-electron chi connectivity index (χ1n) is 6.31. The predicted octanol–water partition coefficient (Wildman–Crippen LogP) is 4.46. The summed E-state index contributed by atoms with van der Waals surface area (Å²) in [7, 11) is 0. The molecule has 0 fully saturated rings. The average Bonchev–Trinajstić information content (AvgIpc) is 2.61. The van der Waals surface area contributed by atoms with Crippen LogP contribution >= 0.6 is 25.3 Å². The number of rotatable bonds is 2. The van der Waals surface area contributed by atoms with Gasteiger partial charge in [0, 0.05) is 0 Å². The highest BCUT2D eigenvalue weighted by atomic mass is 32.1. The van der Waals surface area contributed by atoms with Gasteiger partial charge in [-0.2, -0.15) is 0 Å². The minimum atomic E-state index is -2.09. The predicted molar refractivity (Wildman–Crippen MR) is 81.0 cm³/mol. The molecule has 0 bridgehead atoms. The summed E-state index contributed by atoms with van der Waals surface area (Å²) in [5.41, 5.74) is -3.34. The Morgan fingerprint density at radius 2 is 0.679 bits per heavy atom. The summed E-state index contributed by atoms with van der Waals surface area (Å²) in [5.74, 6) is -19.4. The van der Waals surface area contributed by atoms with E-state index in [9.17, 15) is 44.7 Å². The van der Waals surface area contributed by atoms with Gasteiger partial charge >= 0.3 is 11.9 Å². The molecule has 0 amide bonds. The molecule has 28 heavy (non-hydrogen) atoms. The second kappa shape index (κ2) is 8.68. The zero-order valence-corrected chi connectivity index (χ0v) is 14.4. The van der Waals surface area contributed by atoms with Crippen LogP contribution in [0.1, 0.15) is 20.7 Å². The number of aromatic carboxylic acids is 2. The fraction of sp³-hybridized carbons (Fsp3) is 0. The summed E-state index contributed by atoms with van der Waals surface area (Å²) in [4.78, 5) is 18.1. The average molecular weight is 452 g/mol. The second-order valence-electron chi connectivity index (χ2n) is 4.57. The molecule has 0 aromatic heterocycles. The SMILES string of the molecule is O=C(O)c1c(F)c(F)c(S)c(F)c1F.O=C(O)c1c(F)c(F)c(S)c(F)c1F. The first-order valence-corrected chi connectivity index (χ1v) is 7.21. The molecule has 0 aliphatic heterocycles. The van der Waals surface area contributed by atoms with Gasteiger partial charge in [0.2, 0.25) is 0 Å². The third kappa shape index (κ3) is 4.16. The van der Waals surface area contributed by atoms with Crippen molar-refractivity contribution in [1.82, 2.24) is 0 Å². The summed E-state index contributed by atoms with van der Waals surface area (Å²) in [6.07, 6.45) is 0. The van der Waals surface area contributed by atoms with Crippen molar-refractivity contribution in [2.75, 3.05) is 0 Å². The van der Waals surface area contributed by atoms with Crippen LogP contribution < -0.4 is 0 Å². The van der Waals surface area contributed by atoms with Gasteiger partial charge in [-0.25, -0.2) is 44.7 Å². The van der Waals surface area contributed by atoms with Crippen LogP contribution in [0.25, 0.3) is 0 Å². The van der Waals surface area contributed by atoms with Crippen molar-refractivity contribution in [2.24, 2.45) is 0 Å². The van der Waals surface area contributed by atoms with Crippen LogP contribution in [0.3, 0.4) is 0 Å². The largest absolute Gasteiger partial charge is 0.477 e. The van der Waals surface area contributed by atoms with Gasteiger partial charge in [0.15, 0.2) is 46.5 Å². The van der Waals surface area contributed by atoms with E-state index < -0.39 is 79.4 Å². The molecular formula is C14H4F8O4S2. The molecule has 4 nitrogen and oxygen atoms in total. The van der Waals surface area contributed by atoms with E-state index >= 15 is 0 Å². The van der Waals surface area contributed by atoms with E-state index in [0.717, 1.165) is 0 Å². The van der Waals surface area contributed by atoms with Crippen LogP contribution in [0.4, 0.5) is 35.1 Å². The molecule has 14 heteroatoms. The number of thiol groups is 2. The summed E-state index contributed by atoms with van der Waals surface area (Å²) < 4.78 is 102. The van der Waals surface area contributed by atoms with Gasteiger partial charge in [0.1, 0.15) is 11.1 Å². The van der Waals surface area contributed by atoms with Crippen LogP contribution in [0.2, 0.25) is 0 Å². The van der Waals surface area contributed by atoms with E-state index in [4.69, 9.17) is 10.2 Å². The lowest BCUT2D eigenvalue weighted by atomic mass is 10.2. The van der Waals surface area contributed by atoms with E-state index in [1.165, 1.54) is 0 Å². The van der Waals surface area contributed by atoms with E-state index in [2.05, 4.69) is 25.3 Å². The molecule has 0 aliphatic carbocycles. The number of carbonyl (C=O) groups is 2. The summed E-state index contributed by atoms with van der Waals surface area (Å²) in [6.45, 7) is 0. The quantitative estimate of drug-likeness (QED) is 0.309. The molecule has 2 aromatic carbocycles. The number of hydrogen-bond acceptors (Lipinski definition) is 4. The Bertz CT molecular complexity index is 859. The van der Waals surface area contributed by atoms with Crippen molar-refractivity contribution in [3.63, 3.8) is 0 Å². The van der Waals surface area contributed by atoms with Crippen molar-refractivity contribution in [1.29, 1.82) is 0 Å². The molecule has 0 saturated carbocycles. The maximum atomic E-state index is 12.7. The number of carboxylic acids is 2. The fourth-order valence-electron chi connectivity index (χ4n) is 1.62. The summed E-state index contributed by atoms with van der Waals surface area (Å²) >= 11 is 6.29. The van der Waals surface area contributed by atoms with Gasteiger partial charge < -0.3 is 10.2 Å². The topological polar surface area (TPSA) is 74.6 Å². The number of hydrogen-bond donors (Lipinski definition) is 4. The van der Waals surface area contributed by atoms with Gasteiger partial charge in [-0.1, -0.05) is 0 Å². The Hall–Kier alpha value is -2.48. The van der Waals surface area contributed by atoms with Crippen LogP contribution in [-0.4, -0.2) is 22.2 Å². The van der Waals surface area contributed by atoms with Crippen LogP contribution in [0.5, 0.6) is 0 Å². The lowest BCUT2D eigenvalue weighted by Gasteiger charge is -2.04. The molecule has 0 aliphatic rings. The van der Waals surface area contributed by atoms with Crippen LogP contribution in [0, 0.1) is 46.5 Å². The molecule has 0 saturated heterocycles. The Kier molecular flexibility index (Phi) is 7.31. The first-order chi connectivity index (χ1) is 12.7. The summed E-state index contributed by atoms with van der Waals surface area (Å²) in [6, 6.07) is 0. The van der Waals surface area contributed by atoms with E-state index in [1.54, 1.807) is 0 Å². The Balaban J connectivity index is 0.000000280. The van der Waals surface area contributed by atoms with Gasteiger partial charge in [0.05, 0.1) is 9.79 Å². The lowest BCUT2D eigenvalue weighted by molar-refractivity contribution is 0.0671. The van der Waals surface area contributed by atoms with Crippen LogP contribution in [0.15, 0.2) is 9.79 Å². The summed E-state index contributed by atoms with van der Waals surface area (Å²) in [5, 5.41) is 16.5. The highest BCUT2D eigenvalue weighted by molar-refractivity contribution is 7.80. The molecule has 152 valence electrons. The Labute approximate surface area is 160 Å². The van der Waals surface area contributed by atoms with Gasteiger partial charge in [0.25, 0.3) is 0 Å². The molecule has 0 atom stereocenters. The third-order valence-corrected chi connectivity index (χ3v) is 3.69. The normalized spacial score (nSPS) is 10.4. The molecule has 2 N–H and O–H groups in total. The highest BCUT2D eigenvalue weighted by Crippen LogP contribution is 2.27. The minimum absolute atomic E-state index is 1.19. The monoisotopic (exact) mass is 452 g/mol. The van der Waals surface area contributed by atoms with Crippen molar-refractivity contribution < 1.29 is 54.9 Å². The first kappa shape index (κ1) is 23.6. The lowest BCUT2D eigenvalue weighted by Crippen LogP contribution is -2.10. The molecule has 2 rings (SSSR count). The van der Waals surface area contributed by atoms with Crippen molar-refractivity contribution >= 4 is 37.2 Å². The second-order valence-corrected chi connectivity index (χ2v) is 5.46. The van der Waals surface area contributed by atoms with Gasteiger partial charge in [-0.05, 0) is 0 Å². The zero-order chi connectivity index (χ0) is 22.1. The highest BCUT2D eigenvalue weighted by Gasteiger charge is 2.28. The molecule has 2 aromatic rings. The standard InChI is InChI=1S/2C7H2F4O2S/c2*8-2-1(7(12)13)3(9)5(11)6(14)4(2)10/h2*14H,(H,12,13). The third-order valence-electron chi connectivity index (χ3n) is 2.91. The molecule has 0 heterocycles.